The molecule has 0 saturated carbocycles. The molecule has 3 aromatic carbocycles. The summed E-state index contributed by atoms with van der Waals surface area (Å²) in [6.07, 6.45) is 2.25. The number of carbonyl (C=O) groups is 3. The minimum atomic E-state index is -0.958. The van der Waals surface area contributed by atoms with Gasteiger partial charge in [0.15, 0.2) is 0 Å². The van der Waals surface area contributed by atoms with Crippen molar-refractivity contribution in [1.82, 2.24) is 15.2 Å². The number of hydrogen-bond acceptors (Lipinski definition) is 5. The SMILES string of the molecule is CN1N=C2CCN(C(=O)C(NC(=O)C3CCc4ccccc4C3N)c3ccc(Cl)cc3)CC2(Cc2ccccc2)C1=O. The van der Waals surface area contributed by atoms with Crippen molar-refractivity contribution in [3.8, 4) is 0 Å². The first kappa shape index (κ1) is 28.1. The number of hydrazone groups is 1. The van der Waals surface area contributed by atoms with Crippen LogP contribution in [-0.2, 0) is 27.2 Å². The van der Waals surface area contributed by atoms with Crippen LogP contribution in [-0.4, -0.2) is 53.5 Å². The summed E-state index contributed by atoms with van der Waals surface area (Å²) in [5.41, 5.74) is 10.2. The molecule has 6 rings (SSSR count). The Balaban J connectivity index is 1.29. The van der Waals surface area contributed by atoms with E-state index in [2.05, 4.69) is 10.4 Å². The van der Waals surface area contributed by atoms with Crippen molar-refractivity contribution in [3.63, 3.8) is 0 Å². The second-order valence-electron chi connectivity index (χ2n) is 11.5. The van der Waals surface area contributed by atoms with Crippen molar-refractivity contribution >= 4 is 35.0 Å². The molecular formula is C33H34ClN5O3. The van der Waals surface area contributed by atoms with Gasteiger partial charge < -0.3 is 16.0 Å². The molecule has 0 bridgehead atoms. The number of carbonyl (C=O) groups excluding carboxylic acids is 3. The summed E-state index contributed by atoms with van der Waals surface area (Å²) in [6, 6.07) is 23.2. The van der Waals surface area contributed by atoms with Gasteiger partial charge in [0, 0.05) is 37.6 Å². The Hall–Kier alpha value is -4.01. The second kappa shape index (κ2) is 11.3. The molecule has 1 aliphatic carbocycles. The summed E-state index contributed by atoms with van der Waals surface area (Å²) >= 11 is 6.17. The van der Waals surface area contributed by atoms with Gasteiger partial charge in [0.25, 0.3) is 5.91 Å². The lowest BCUT2D eigenvalue weighted by atomic mass is 9.73. The predicted octanol–water partition coefficient (Wildman–Crippen LogP) is 4.05. The van der Waals surface area contributed by atoms with Crippen LogP contribution < -0.4 is 11.1 Å². The van der Waals surface area contributed by atoms with Crippen LogP contribution in [0.15, 0.2) is 84.0 Å². The van der Waals surface area contributed by atoms with Crippen molar-refractivity contribution in [1.29, 1.82) is 0 Å². The zero-order chi connectivity index (χ0) is 29.4. The van der Waals surface area contributed by atoms with E-state index in [9.17, 15) is 14.4 Å². The van der Waals surface area contributed by atoms with E-state index in [1.165, 1.54) is 5.01 Å². The quantitative estimate of drug-likeness (QED) is 0.456. The van der Waals surface area contributed by atoms with Crippen molar-refractivity contribution in [2.45, 2.75) is 37.8 Å². The summed E-state index contributed by atoms with van der Waals surface area (Å²) in [5, 5.41) is 9.54. The number of nitrogens with one attached hydrogen (secondary N) is 1. The number of rotatable bonds is 6. The Kier molecular flexibility index (Phi) is 7.60. The molecule has 3 aliphatic rings. The fourth-order valence-electron chi connectivity index (χ4n) is 6.68. The van der Waals surface area contributed by atoms with Crippen molar-refractivity contribution in [3.05, 3.63) is 106 Å². The van der Waals surface area contributed by atoms with Gasteiger partial charge in [-0.15, -0.1) is 0 Å². The fourth-order valence-corrected chi connectivity index (χ4v) is 6.80. The maximum absolute atomic E-state index is 14.3. The van der Waals surface area contributed by atoms with Crippen molar-refractivity contribution in [2.24, 2.45) is 22.2 Å². The smallest absolute Gasteiger partial charge is 0.256 e. The zero-order valence-corrected chi connectivity index (χ0v) is 24.3. The number of likely N-dealkylation sites (tertiary alicyclic amines) is 1. The highest BCUT2D eigenvalue weighted by molar-refractivity contribution is 6.30. The number of nitrogens with zero attached hydrogens (tertiary/aromatic N) is 3. The molecule has 4 atom stereocenters. The van der Waals surface area contributed by atoms with E-state index in [-0.39, 0.29) is 24.3 Å². The monoisotopic (exact) mass is 583 g/mol. The minimum Gasteiger partial charge on any atom is -0.340 e. The van der Waals surface area contributed by atoms with Crippen LogP contribution in [0, 0.1) is 11.3 Å². The Labute approximate surface area is 250 Å². The van der Waals surface area contributed by atoms with E-state index in [0.717, 1.165) is 28.8 Å². The molecular weight excluding hydrogens is 550 g/mol. The number of fused-ring (bicyclic) bond motifs is 2. The highest BCUT2D eigenvalue weighted by atomic mass is 35.5. The Morgan fingerprint density at radius 1 is 1.05 bits per heavy atom. The Bertz CT molecular complexity index is 1540. The van der Waals surface area contributed by atoms with E-state index in [0.29, 0.717) is 36.4 Å². The Morgan fingerprint density at radius 2 is 1.76 bits per heavy atom. The molecule has 0 spiro atoms. The standard InChI is InChI=1S/C33H34ClN5O3/c1-38-32(42)33(19-21-7-3-2-4-8-21)20-39(18-17-27(33)37-38)31(41)29(23-11-14-24(34)15-12-23)36-30(40)26-16-13-22-9-5-6-10-25(22)28(26)35/h2-12,14-15,26,28-29H,13,16-20,35H2,1H3,(H,36,40). The summed E-state index contributed by atoms with van der Waals surface area (Å²) in [5.74, 6) is -1.14. The first-order valence-electron chi connectivity index (χ1n) is 14.3. The number of amides is 3. The minimum absolute atomic E-state index is 0.127. The van der Waals surface area contributed by atoms with Gasteiger partial charge in [-0.05, 0) is 53.6 Å². The van der Waals surface area contributed by atoms with Crippen LogP contribution in [0.4, 0.5) is 0 Å². The van der Waals surface area contributed by atoms with E-state index >= 15 is 0 Å². The van der Waals surface area contributed by atoms with Crippen LogP contribution in [0.3, 0.4) is 0 Å². The summed E-state index contributed by atoms with van der Waals surface area (Å²) < 4.78 is 0. The van der Waals surface area contributed by atoms with Gasteiger partial charge in [0.1, 0.15) is 11.5 Å². The van der Waals surface area contributed by atoms with Crippen LogP contribution in [0.25, 0.3) is 0 Å². The third-order valence-corrected chi connectivity index (χ3v) is 9.16. The number of hydrogen-bond donors (Lipinski definition) is 2. The number of nitrogens with two attached hydrogens (primary N) is 1. The van der Waals surface area contributed by atoms with E-state index in [1.807, 2.05) is 54.6 Å². The van der Waals surface area contributed by atoms with Crippen LogP contribution >= 0.6 is 11.6 Å². The second-order valence-corrected chi connectivity index (χ2v) is 11.9. The molecule has 42 heavy (non-hydrogen) atoms. The molecule has 1 fully saturated rings. The van der Waals surface area contributed by atoms with Gasteiger partial charge in [-0.2, -0.15) is 5.10 Å². The molecule has 9 heteroatoms. The molecule has 2 heterocycles. The summed E-state index contributed by atoms with van der Waals surface area (Å²) in [6.45, 7) is 0.574. The first-order chi connectivity index (χ1) is 20.3. The van der Waals surface area contributed by atoms with Gasteiger partial charge >= 0.3 is 0 Å². The highest BCUT2D eigenvalue weighted by Gasteiger charge is 2.54. The fraction of sp³-hybridized carbons (Fsp3) is 0.333. The van der Waals surface area contributed by atoms with Gasteiger partial charge in [-0.25, -0.2) is 5.01 Å². The molecule has 0 radical (unpaired) electrons. The average Bonchev–Trinajstić information content (AvgIpc) is 3.25. The summed E-state index contributed by atoms with van der Waals surface area (Å²) in [7, 11) is 1.66. The lowest BCUT2D eigenvalue weighted by Gasteiger charge is -2.41. The largest absolute Gasteiger partial charge is 0.340 e. The van der Waals surface area contributed by atoms with E-state index in [4.69, 9.17) is 17.3 Å². The molecule has 0 aromatic heterocycles. The number of halogens is 1. The topological polar surface area (TPSA) is 108 Å². The van der Waals surface area contributed by atoms with E-state index < -0.39 is 23.4 Å². The molecule has 3 aromatic rings. The van der Waals surface area contributed by atoms with Crippen LogP contribution in [0.2, 0.25) is 5.02 Å². The molecule has 3 amide bonds. The molecule has 2 aliphatic heterocycles. The molecule has 216 valence electrons. The number of aryl methyl sites for hydroxylation is 1. The third-order valence-electron chi connectivity index (χ3n) is 8.91. The van der Waals surface area contributed by atoms with Gasteiger partial charge in [-0.3, -0.25) is 14.4 Å². The normalized spacial score (nSPS) is 24.0. The molecule has 8 nitrogen and oxygen atoms in total. The average molecular weight is 584 g/mol. The number of piperidine rings is 1. The molecule has 3 N–H and O–H groups in total. The summed E-state index contributed by atoms with van der Waals surface area (Å²) in [4.78, 5) is 43.4. The van der Waals surface area contributed by atoms with E-state index in [1.54, 1.807) is 36.2 Å². The van der Waals surface area contributed by atoms with Crippen molar-refractivity contribution in [2.75, 3.05) is 20.1 Å². The third kappa shape index (κ3) is 5.10. The lowest BCUT2D eigenvalue weighted by molar-refractivity contribution is -0.142. The van der Waals surface area contributed by atoms with Gasteiger partial charge in [0.05, 0.1) is 11.6 Å². The van der Waals surface area contributed by atoms with Gasteiger partial charge in [-0.1, -0.05) is 78.3 Å². The zero-order valence-electron chi connectivity index (χ0n) is 23.5. The first-order valence-corrected chi connectivity index (χ1v) is 14.7. The number of benzene rings is 3. The maximum Gasteiger partial charge on any atom is 0.256 e. The van der Waals surface area contributed by atoms with Gasteiger partial charge in [0.2, 0.25) is 11.8 Å². The predicted molar refractivity (Wildman–Crippen MR) is 161 cm³/mol. The maximum atomic E-state index is 14.3. The van der Waals surface area contributed by atoms with Crippen LogP contribution in [0.5, 0.6) is 0 Å². The molecule has 1 saturated heterocycles. The molecule has 4 unspecified atom stereocenters. The van der Waals surface area contributed by atoms with Crippen molar-refractivity contribution < 1.29 is 14.4 Å². The Morgan fingerprint density at radius 3 is 2.52 bits per heavy atom. The van der Waals surface area contributed by atoms with Crippen LogP contribution in [0.1, 0.15) is 47.2 Å². The lowest BCUT2D eigenvalue weighted by Crippen LogP contribution is -2.57. The highest BCUT2D eigenvalue weighted by Crippen LogP contribution is 2.39.